The van der Waals surface area contributed by atoms with Crippen molar-refractivity contribution >= 4 is 10.0 Å². The molecule has 1 aromatic carbocycles. The van der Waals surface area contributed by atoms with Crippen molar-refractivity contribution in [1.82, 2.24) is 10.0 Å². The van der Waals surface area contributed by atoms with Crippen molar-refractivity contribution in [2.24, 2.45) is 0 Å². The zero-order chi connectivity index (χ0) is 13.9. The van der Waals surface area contributed by atoms with Gasteiger partial charge in [0.2, 0.25) is 10.0 Å². The van der Waals surface area contributed by atoms with Gasteiger partial charge in [-0.1, -0.05) is 38.5 Å². The molecule has 0 unspecified atom stereocenters. The van der Waals surface area contributed by atoms with Gasteiger partial charge in [0, 0.05) is 18.6 Å². The fourth-order valence-corrected chi connectivity index (χ4v) is 3.58. The van der Waals surface area contributed by atoms with E-state index in [4.69, 9.17) is 0 Å². The predicted molar refractivity (Wildman–Crippen MR) is 76.4 cm³/mol. The van der Waals surface area contributed by atoms with Gasteiger partial charge in [-0.2, -0.15) is 0 Å². The lowest BCUT2D eigenvalue weighted by molar-refractivity contribution is 0.383. The molecule has 1 aliphatic rings. The van der Waals surface area contributed by atoms with Crippen LogP contribution >= 0.6 is 0 Å². The summed E-state index contributed by atoms with van der Waals surface area (Å²) in [4.78, 5) is 0.398. The van der Waals surface area contributed by atoms with Gasteiger partial charge >= 0.3 is 0 Å². The van der Waals surface area contributed by atoms with Crippen molar-refractivity contribution in [3.8, 4) is 0 Å². The normalized spacial score (nSPS) is 16.6. The van der Waals surface area contributed by atoms with Crippen LogP contribution < -0.4 is 10.0 Å². The van der Waals surface area contributed by atoms with Crippen molar-refractivity contribution in [3.05, 3.63) is 29.8 Å². The summed E-state index contributed by atoms with van der Waals surface area (Å²) < 4.78 is 27.5. The molecule has 0 bridgehead atoms. The number of hydrogen-bond acceptors (Lipinski definition) is 3. The lowest BCUT2D eigenvalue weighted by Crippen LogP contribution is -2.39. The van der Waals surface area contributed by atoms with Crippen molar-refractivity contribution < 1.29 is 8.42 Å². The standard InChI is InChI=1S/C14H22N2O2S/c1-11(2)15-10-12-6-3-4-9-14(12)19(17,18)16-13-7-5-8-13/h3-4,6,9,11,13,15-16H,5,7-8,10H2,1-2H3. The van der Waals surface area contributed by atoms with Gasteiger partial charge in [0.15, 0.2) is 0 Å². The van der Waals surface area contributed by atoms with E-state index < -0.39 is 10.0 Å². The molecule has 4 nitrogen and oxygen atoms in total. The van der Waals surface area contributed by atoms with Gasteiger partial charge in [0.05, 0.1) is 4.90 Å². The van der Waals surface area contributed by atoms with Crippen LogP contribution in [0.2, 0.25) is 0 Å². The molecule has 0 aliphatic heterocycles. The Hall–Kier alpha value is -0.910. The first-order valence-corrected chi connectivity index (χ1v) is 8.31. The second-order valence-electron chi connectivity index (χ2n) is 5.39. The van der Waals surface area contributed by atoms with Gasteiger partial charge in [-0.15, -0.1) is 0 Å². The van der Waals surface area contributed by atoms with Gasteiger partial charge in [0.1, 0.15) is 0 Å². The number of benzene rings is 1. The third-order valence-corrected chi connectivity index (χ3v) is 5.01. The molecular weight excluding hydrogens is 260 g/mol. The smallest absolute Gasteiger partial charge is 0.241 e. The number of hydrogen-bond donors (Lipinski definition) is 2. The maximum Gasteiger partial charge on any atom is 0.241 e. The highest BCUT2D eigenvalue weighted by atomic mass is 32.2. The molecule has 1 saturated carbocycles. The number of nitrogens with one attached hydrogen (secondary N) is 2. The highest BCUT2D eigenvalue weighted by Crippen LogP contribution is 2.22. The van der Waals surface area contributed by atoms with Crippen LogP contribution in [0.25, 0.3) is 0 Å². The Kier molecular flexibility index (Phi) is 4.60. The number of rotatable bonds is 6. The Bertz CT molecular complexity index is 522. The molecule has 2 N–H and O–H groups in total. The van der Waals surface area contributed by atoms with Crippen LogP contribution in [0.15, 0.2) is 29.2 Å². The average molecular weight is 282 g/mol. The molecule has 106 valence electrons. The fraction of sp³-hybridized carbons (Fsp3) is 0.571. The summed E-state index contributed by atoms with van der Waals surface area (Å²) in [6.07, 6.45) is 3.01. The highest BCUT2D eigenvalue weighted by Gasteiger charge is 2.26. The lowest BCUT2D eigenvalue weighted by atomic mass is 9.94. The SMILES string of the molecule is CC(C)NCc1ccccc1S(=O)(=O)NC1CCC1. The lowest BCUT2D eigenvalue weighted by Gasteiger charge is -2.26. The molecular formula is C14H22N2O2S. The minimum absolute atomic E-state index is 0.121. The van der Waals surface area contributed by atoms with Crippen molar-refractivity contribution in [1.29, 1.82) is 0 Å². The third kappa shape index (κ3) is 3.78. The fourth-order valence-electron chi connectivity index (χ4n) is 2.04. The van der Waals surface area contributed by atoms with Crippen LogP contribution in [0.1, 0.15) is 38.7 Å². The molecule has 1 aliphatic carbocycles. The van der Waals surface area contributed by atoms with Crippen LogP contribution in [0, 0.1) is 0 Å². The maximum atomic E-state index is 12.4. The van der Waals surface area contributed by atoms with Crippen LogP contribution in [-0.4, -0.2) is 20.5 Å². The van der Waals surface area contributed by atoms with Gasteiger partial charge in [-0.3, -0.25) is 0 Å². The Morgan fingerprint density at radius 2 is 1.95 bits per heavy atom. The summed E-state index contributed by atoms with van der Waals surface area (Å²) in [6.45, 7) is 4.66. The van der Waals surface area contributed by atoms with Crippen LogP contribution in [0.5, 0.6) is 0 Å². The van der Waals surface area contributed by atoms with E-state index in [1.54, 1.807) is 12.1 Å². The summed E-state index contributed by atoms with van der Waals surface area (Å²) >= 11 is 0. The molecule has 0 aromatic heterocycles. The minimum atomic E-state index is -3.39. The topological polar surface area (TPSA) is 58.2 Å². The number of sulfonamides is 1. The molecule has 0 spiro atoms. The van der Waals surface area contributed by atoms with E-state index >= 15 is 0 Å². The molecule has 0 amide bonds. The van der Waals surface area contributed by atoms with E-state index in [0.717, 1.165) is 24.8 Å². The van der Waals surface area contributed by atoms with Crippen LogP contribution in [0.3, 0.4) is 0 Å². The van der Waals surface area contributed by atoms with Gasteiger partial charge in [-0.25, -0.2) is 13.1 Å². The molecule has 5 heteroatoms. The van der Waals surface area contributed by atoms with Crippen LogP contribution in [0.4, 0.5) is 0 Å². The first kappa shape index (κ1) is 14.5. The zero-order valence-corrected chi connectivity index (χ0v) is 12.3. The summed E-state index contributed by atoms with van der Waals surface area (Å²) in [5, 5.41) is 3.26. The van der Waals surface area contributed by atoms with E-state index in [1.807, 2.05) is 26.0 Å². The Morgan fingerprint density at radius 1 is 1.26 bits per heavy atom. The van der Waals surface area contributed by atoms with Gasteiger partial charge in [0.25, 0.3) is 0 Å². The van der Waals surface area contributed by atoms with Crippen LogP contribution in [-0.2, 0) is 16.6 Å². The molecule has 19 heavy (non-hydrogen) atoms. The second-order valence-corrected chi connectivity index (χ2v) is 7.07. The molecule has 1 aromatic rings. The summed E-state index contributed by atoms with van der Waals surface area (Å²) in [5.74, 6) is 0. The summed E-state index contributed by atoms with van der Waals surface area (Å²) in [7, 11) is -3.39. The molecule has 0 heterocycles. The molecule has 0 radical (unpaired) electrons. The van der Waals surface area contributed by atoms with E-state index in [0.29, 0.717) is 17.5 Å². The molecule has 1 fully saturated rings. The molecule has 2 rings (SSSR count). The van der Waals surface area contributed by atoms with Gasteiger partial charge < -0.3 is 5.32 Å². The van der Waals surface area contributed by atoms with Crippen molar-refractivity contribution in [2.45, 2.75) is 56.6 Å². The minimum Gasteiger partial charge on any atom is -0.310 e. The third-order valence-electron chi connectivity index (χ3n) is 3.39. The monoisotopic (exact) mass is 282 g/mol. The predicted octanol–water partition coefficient (Wildman–Crippen LogP) is 2.02. The Labute approximate surface area is 115 Å². The van der Waals surface area contributed by atoms with Crippen molar-refractivity contribution in [2.75, 3.05) is 0 Å². The molecule has 0 saturated heterocycles. The highest BCUT2D eigenvalue weighted by molar-refractivity contribution is 7.89. The zero-order valence-electron chi connectivity index (χ0n) is 11.5. The van der Waals surface area contributed by atoms with E-state index in [2.05, 4.69) is 10.0 Å². The second kappa shape index (κ2) is 6.03. The first-order valence-electron chi connectivity index (χ1n) is 6.82. The van der Waals surface area contributed by atoms with Gasteiger partial charge in [-0.05, 0) is 24.5 Å². The Balaban J connectivity index is 2.17. The van der Waals surface area contributed by atoms with E-state index in [9.17, 15) is 8.42 Å². The summed E-state index contributed by atoms with van der Waals surface area (Å²) in [6, 6.07) is 7.64. The van der Waals surface area contributed by atoms with E-state index in [-0.39, 0.29) is 6.04 Å². The maximum absolute atomic E-state index is 12.4. The Morgan fingerprint density at radius 3 is 2.53 bits per heavy atom. The quantitative estimate of drug-likeness (QED) is 0.839. The van der Waals surface area contributed by atoms with E-state index in [1.165, 1.54) is 0 Å². The summed E-state index contributed by atoms with van der Waals surface area (Å²) in [5.41, 5.74) is 0.822. The first-order chi connectivity index (χ1) is 8.99. The largest absolute Gasteiger partial charge is 0.310 e. The molecule has 0 atom stereocenters. The average Bonchev–Trinajstić information content (AvgIpc) is 2.32. The van der Waals surface area contributed by atoms with Crippen molar-refractivity contribution in [3.63, 3.8) is 0 Å².